The summed E-state index contributed by atoms with van der Waals surface area (Å²) in [6, 6.07) is 1.69. The van der Waals surface area contributed by atoms with E-state index in [1.54, 1.807) is 22.8 Å². The van der Waals surface area contributed by atoms with E-state index in [0.717, 1.165) is 6.42 Å². The van der Waals surface area contributed by atoms with E-state index in [1.807, 2.05) is 20.0 Å². The first-order chi connectivity index (χ1) is 11.0. The van der Waals surface area contributed by atoms with E-state index in [2.05, 4.69) is 10.4 Å². The summed E-state index contributed by atoms with van der Waals surface area (Å²) in [6.07, 6.45) is 2.57. The SMILES string of the molecule is COCCN1CCCN(C(=O)Nc2ccn(C(C)C)n2)CC1=O. The Morgan fingerprint density at radius 3 is 2.87 bits per heavy atom. The minimum absolute atomic E-state index is 0.0533. The topological polar surface area (TPSA) is 79.7 Å². The molecule has 1 aromatic heterocycles. The summed E-state index contributed by atoms with van der Waals surface area (Å²) in [5.41, 5.74) is 0. The molecule has 0 radical (unpaired) electrons. The lowest BCUT2D eigenvalue weighted by atomic mass is 10.4. The van der Waals surface area contributed by atoms with Crippen LogP contribution in [-0.4, -0.2) is 71.4 Å². The van der Waals surface area contributed by atoms with Crippen molar-refractivity contribution in [2.45, 2.75) is 26.3 Å². The van der Waals surface area contributed by atoms with Gasteiger partial charge in [0.05, 0.1) is 6.61 Å². The third-order valence-corrected chi connectivity index (χ3v) is 3.76. The van der Waals surface area contributed by atoms with Gasteiger partial charge in [0, 0.05) is 45.0 Å². The van der Waals surface area contributed by atoms with Crippen molar-refractivity contribution in [3.63, 3.8) is 0 Å². The molecular weight excluding hydrogens is 298 g/mol. The summed E-state index contributed by atoms with van der Waals surface area (Å²) in [7, 11) is 1.61. The standard InChI is InChI=1S/C15H25N5O3/c1-12(2)20-8-5-13(17-20)16-15(22)19-7-4-6-18(9-10-23-3)14(21)11-19/h5,8,12H,4,6-7,9-11H2,1-3H3,(H,16,17,22). The highest BCUT2D eigenvalue weighted by Crippen LogP contribution is 2.11. The molecule has 0 spiro atoms. The second kappa shape index (κ2) is 7.96. The number of hydrogen-bond acceptors (Lipinski definition) is 4. The zero-order valence-electron chi connectivity index (χ0n) is 14.0. The number of ether oxygens (including phenoxy) is 1. The average molecular weight is 323 g/mol. The number of rotatable bonds is 5. The molecule has 0 atom stereocenters. The van der Waals surface area contributed by atoms with Crippen LogP contribution in [0.15, 0.2) is 12.3 Å². The minimum Gasteiger partial charge on any atom is -0.383 e. The zero-order valence-corrected chi connectivity index (χ0v) is 14.0. The van der Waals surface area contributed by atoms with Gasteiger partial charge in [-0.25, -0.2) is 4.79 Å². The molecule has 1 aliphatic heterocycles. The smallest absolute Gasteiger partial charge is 0.323 e. The predicted molar refractivity (Wildman–Crippen MR) is 86.3 cm³/mol. The number of aromatic nitrogens is 2. The van der Waals surface area contributed by atoms with Crippen LogP contribution in [0.2, 0.25) is 0 Å². The van der Waals surface area contributed by atoms with E-state index in [4.69, 9.17) is 4.74 Å². The average Bonchev–Trinajstić information content (AvgIpc) is 2.89. The molecular formula is C15H25N5O3. The maximum atomic E-state index is 12.3. The van der Waals surface area contributed by atoms with Gasteiger partial charge in [-0.2, -0.15) is 5.10 Å². The summed E-state index contributed by atoms with van der Waals surface area (Å²) in [4.78, 5) is 27.8. The highest BCUT2D eigenvalue weighted by molar-refractivity contribution is 5.91. The number of urea groups is 1. The number of carbonyl (C=O) groups excluding carboxylic acids is 2. The molecule has 8 nitrogen and oxygen atoms in total. The largest absolute Gasteiger partial charge is 0.383 e. The fraction of sp³-hybridized carbons (Fsp3) is 0.667. The van der Waals surface area contributed by atoms with Crippen LogP contribution in [0.3, 0.4) is 0 Å². The van der Waals surface area contributed by atoms with Crippen LogP contribution < -0.4 is 5.32 Å². The van der Waals surface area contributed by atoms with Gasteiger partial charge in [0.25, 0.3) is 0 Å². The Labute approximate surface area is 136 Å². The van der Waals surface area contributed by atoms with Crippen LogP contribution >= 0.6 is 0 Å². The first kappa shape index (κ1) is 17.3. The fourth-order valence-corrected chi connectivity index (χ4v) is 2.41. The lowest BCUT2D eigenvalue weighted by Gasteiger charge is -2.21. The molecule has 1 fully saturated rings. The van der Waals surface area contributed by atoms with Crippen LogP contribution in [0, 0.1) is 0 Å². The molecule has 2 rings (SSSR count). The number of methoxy groups -OCH3 is 1. The van der Waals surface area contributed by atoms with Crippen molar-refractivity contribution in [2.24, 2.45) is 0 Å². The van der Waals surface area contributed by atoms with Crippen molar-refractivity contribution < 1.29 is 14.3 Å². The minimum atomic E-state index is -0.291. The number of anilines is 1. The van der Waals surface area contributed by atoms with Gasteiger partial charge in [0.15, 0.2) is 5.82 Å². The number of carbonyl (C=O) groups is 2. The van der Waals surface area contributed by atoms with Crippen molar-refractivity contribution in [3.05, 3.63) is 12.3 Å². The zero-order chi connectivity index (χ0) is 16.8. The maximum absolute atomic E-state index is 12.3. The van der Waals surface area contributed by atoms with E-state index in [1.165, 1.54) is 4.90 Å². The van der Waals surface area contributed by atoms with Gasteiger partial charge >= 0.3 is 6.03 Å². The molecule has 0 saturated carbocycles. The van der Waals surface area contributed by atoms with Crippen molar-refractivity contribution >= 4 is 17.8 Å². The maximum Gasteiger partial charge on any atom is 0.323 e. The monoisotopic (exact) mass is 323 g/mol. The third kappa shape index (κ3) is 4.69. The van der Waals surface area contributed by atoms with Crippen molar-refractivity contribution in [1.82, 2.24) is 19.6 Å². The van der Waals surface area contributed by atoms with Crippen LogP contribution in [0.1, 0.15) is 26.3 Å². The Morgan fingerprint density at radius 2 is 2.22 bits per heavy atom. The van der Waals surface area contributed by atoms with E-state index < -0.39 is 0 Å². The van der Waals surface area contributed by atoms with E-state index in [0.29, 0.717) is 32.1 Å². The van der Waals surface area contributed by atoms with Crippen molar-refractivity contribution in [2.75, 3.05) is 45.2 Å². The van der Waals surface area contributed by atoms with Gasteiger partial charge in [0.2, 0.25) is 5.91 Å². The molecule has 2 heterocycles. The first-order valence-corrected chi connectivity index (χ1v) is 7.89. The molecule has 1 N–H and O–H groups in total. The number of nitrogens with zero attached hydrogens (tertiary/aromatic N) is 4. The Bertz CT molecular complexity index is 543. The van der Waals surface area contributed by atoms with Crippen LogP contribution in [0.4, 0.5) is 10.6 Å². The van der Waals surface area contributed by atoms with Gasteiger partial charge < -0.3 is 14.5 Å². The van der Waals surface area contributed by atoms with Crippen molar-refractivity contribution in [3.8, 4) is 0 Å². The number of hydrogen-bond donors (Lipinski definition) is 1. The van der Waals surface area contributed by atoms with E-state index >= 15 is 0 Å². The number of amides is 3. The third-order valence-electron chi connectivity index (χ3n) is 3.76. The molecule has 0 aromatic carbocycles. The van der Waals surface area contributed by atoms with Crippen molar-refractivity contribution in [1.29, 1.82) is 0 Å². The summed E-state index contributed by atoms with van der Waals surface area (Å²) in [6.45, 7) is 6.37. The molecule has 128 valence electrons. The molecule has 8 heteroatoms. The van der Waals surface area contributed by atoms with E-state index in [9.17, 15) is 9.59 Å². The van der Waals surface area contributed by atoms with Gasteiger partial charge in [-0.1, -0.05) is 0 Å². The molecule has 0 aliphatic carbocycles. The van der Waals surface area contributed by atoms with Crippen LogP contribution in [0.25, 0.3) is 0 Å². The Kier molecular flexibility index (Phi) is 5.97. The van der Waals surface area contributed by atoms with Gasteiger partial charge in [0.1, 0.15) is 6.54 Å². The first-order valence-electron chi connectivity index (χ1n) is 7.89. The summed E-state index contributed by atoms with van der Waals surface area (Å²) in [5, 5.41) is 7.04. The highest BCUT2D eigenvalue weighted by Gasteiger charge is 2.25. The fourth-order valence-electron chi connectivity index (χ4n) is 2.41. The Hall–Kier alpha value is -2.09. The predicted octanol–water partition coefficient (Wildman–Crippen LogP) is 1.18. The molecule has 3 amide bonds. The lowest BCUT2D eigenvalue weighted by Crippen LogP contribution is -2.42. The van der Waals surface area contributed by atoms with Crippen LogP contribution in [0.5, 0.6) is 0 Å². The highest BCUT2D eigenvalue weighted by atomic mass is 16.5. The molecule has 1 aliphatic rings. The molecule has 1 saturated heterocycles. The molecule has 23 heavy (non-hydrogen) atoms. The Balaban J connectivity index is 1.92. The quantitative estimate of drug-likeness (QED) is 0.882. The lowest BCUT2D eigenvalue weighted by molar-refractivity contribution is -0.131. The van der Waals surface area contributed by atoms with Gasteiger partial charge in [-0.3, -0.25) is 14.8 Å². The summed E-state index contributed by atoms with van der Waals surface area (Å²) < 4.78 is 6.78. The second-order valence-corrected chi connectivity index (χ2v) is 5.85. The summed E-state index contributed by atoms with van der Waals surface area (Å²) >= 11 is 0. The second-order valence-electron chi connectivity index (χ2n) is 5.85. The van der Waals surface area contributed by atoms with Gasteiger partial charge in [-0.05, 0) is 20.3 Å². The van der Waals surface area contributed by atoms with Crippen LogP contribution in [-0.2, 0) is 9.53 Å². The normalized spacial score (nSPS) is 15.9. The Morgan fingerprint density at radius 1 is 1.43 bits per heavy atom. The summed E-state index contributed by atoms with van der Waals surface area (Å²) in [5.74, 6) is 0.444. The van der Waals surface area contributed by atoms with Gasteiger partial charge in [-0.15, -0.1) is 0 Å². The molecule has 1 aromatic rings. The molecule has 0 unspecified atom stereocenters. The number of nitrogens with one attached hydrogen (secondary N) is 1. The molecule has 0 bridgehead atoms. The van der Waals surface area contributed by atoms with E-state index in [-0.39, 0.29) is 24.5 Å².